The highest BCUT2D eigenvalue weighted by molar-refractivity contribution is 5.76. The molecule has 7 nitrogen and oxygen atoms in total. The van der Waals surface area contributed by atoms with Crippen LogP contribution in [0.15, 0.2) is 9.59 Å². The summed E-state index contributed by atoms with van der Waals surface area (Å²) in [4.78, 5) is 43.2. The zero-order valence-corrected chi connectivity index (χ0v) is 16.3. The van der Waals surface area contributed by atoms with Crippen LogP contribution >= 0.6 is 0 Å². The minimum atomic E-state index is -0.268. The maximum absolute atomic E-state index is 13.3. The van der Waals surface area contributed by atoms with Crippen molar-refractivity contribution in [2.45, 2.75) is 64.0 Å². The standard InChI is InChI=1S/C20H30N4O3/c1-21-10-12-22(13-11-21)18(25)14-23-17-9-5-8-16(17)19(26)24(20(23)27)15-6-3-2-4-7-15/h15H,2-14H2,1H3. The number of fused-ring (bicyclic) bond motifs is 1. The molecule has 0 bridgehead atoms. The molecule has 3 aliphatic rings. The molecule has 0 atom stereocenters. The largest absolute Gasteiger partial charge is 0.339 e. The third-order valence-electron chi connectivity index (χ3n) is 6.52. The van der Waals surface area contributed by atoms with E-state index in [0.717, 1.165) is 69.3 Å². The summed E-state index contributed by atoms with van der Waals surface area (Å²) in [7, 11) is 2.05. The topological polar surface area (TPSA) is 67.5 Å². The molecule has 148 valence electrons. The Morgan fingerprint density at radius 2 is 1.67 bits per heavy atom. The maximum atomic E-state index is 13.3. The van der Waals surface area contributed by atoms with Crippen LogP contribution < -0.4 is 11.2 Å². The van der Waals surface area contributed by atoms with Gasteiger partial charge in [0.05, 0.1) is 0 Å². The summed E-state index contributed by atoms with van der Waals surface area (Å²) in [5.41, 5.74) is 1.21. The van der Waals surface area contributed by atoms with Gasteiger partial charge in [0.2, 0.25) is 5.91 Å². The van der Waals surface area contributed by atoms with E-state index in [9.17, 15) is 14.4 Å². The van der Waals surface area contributed by atoms with Crippen LogP contribution in [0.2, 0.25) is 0 Å². The maximum Gasteiger partial charge on any atom is 0.331 e. The Morgan fingerprint density at radius 3 is 2.37 bits per heavy atom. The molecule has 7 heteroatoms. The molecule has 0 radical (unpaired) electrons. The van der Waals surface area contributed by atoms with Crippen molar-refractivity contribution in [3.05, 3.63) is 32.1 Å². The second kappa shape index (κ2) is 7.62. The predicted octanol–water partition coefficient (Wildman–Crippen LogP) is 0.778. The van der Waals surface area contributed by atoms with E-state index >= 15 is 0 Å². The lowest BCUT2D eigenvalue weighted by Crippen LogP contribution is -2.50. The van der Waals surface area contributed by atoms with Crippen LogP contribution in [0.1, 0.15) is 55.8 Å². The molecule has 0 aromatic carbocycles. The molecule has 1 saturated heterocycles. The zero-order valence-electron chi connectivity index (χ0n) is 16.3. The summed E-state index contributed by atoms with van der Waals surface area (Å²) in [5.74, 6) is -0.00635. The average Bonchev–Trinajstić information content (AvgIpc) is 3.16. The lowest BCUT2D eigenvalue weighted by atomic mass is 9.95. The number of piperazine rings is 1. The molecule has 1 amide bonds. The van der Waals surface area contributed by atoms with E-state index in [1.165, 1.54) is 11.0 Å². The van der Waals surface area contributed by atoms with Crippen molar-refractivity contribution >= 4 is 5.91 Å². The minimum Gasteiger partial charge on any atom is -0.339 e. The fourth-order valence-electron chi connectivity index (χ4n) is 4.85. The minimum absolute atomic E-state index is 0.00496. The first kappa shape index (κ1) is 18.5. The molecule has 1 saturated carbocycles. The molecule has 2 fully saturated rings. The Labute approximate surface area is 159 Å². The molecule has 2 heterocycles. The average molecular weight is 374 g/mol. The monoisotopic (exact) mass is 374 g/mol. The van der Waals surface area contributed by atoms with E-state index in [1.54, 1.807) is 4.57 Å². The second-order valence-corrected chi connectivity index (χ2v) is 8.30. The predicted molar refractivity (Wildman–Crippen MR) is 103 cm³/mol. The smallest absolute Gasteiger partial charge is 0.331 e. The van der Waals surface area contributed by atoms with E-state index in [0.29, 0.717) is 13.1 Å². The summed E-state index contributed by atoms with van der Waals surface area (Å²) >= 11 is 0. The summed E-state index contributed by atoms with van der Waals surface area (Å²) in [6, 6.07) is -0.00496. The highest BCUT2D eigenvalue weighted by atomic mass is 16.2. The normalized spacial score (nSPS) is 21.4. The summed E-state index contributed by atoms with van der Waals surface area (Å²) < 4.78 is 3.11. The van der Waals surface area contributed by atoms with Gasteiger partial charge in [-0.05, 0) is 39.2 Å². The van der Waals surface area contributed by atoms with E-state index in [4.69, 9.17) is 0 Å². The molecule has 0 spiro atoms. The molecule has 4 rings (SSSR count). The number of hydrogen-bond donors (Lipinski definition) is 0. The van der Waals surface area contributed by atoms with E-state index in [1.807, 2.05) is 4.90 Å². The van der Waals surface area contributed by atoms with Crippen LogP contribution in [-0.2, 0) is 24.2 Å². The molecule has 0 unspecified atom stereocenters. The third kappa shape index (κ3) is 3.49. The van der Waals surface area contributed by atoms with E-state index in [-0.39, 0.29) is 29.7 Å². The van der Waals surface area contributed by atoms with Gasteiger partial charge in [0, 0.05) is 43.5 Å². The number of carbonyl (C=O) groups excluding carboxylic acids is 1. The van der Waals surface area contributed by atoms with Crippen LogP contribution in [0.4, 0.5) is 0 Å². The van der Waals surface area contributed by atoms with Crippen molar-refractivity contribution in [2.24, 2.45) is 0 Å². The molecular formula is C20H30N4O3. The number of hydrogen-bond acceptors (Lipinski definition) is 4. The number of likely N-dealkylation sites (N-methyl/N-ethyl adjacent to an activating group) is 1. The van der Waals surface area contributed by atoms with Gasteiger partial charge in [0.1, 0.15) is 6.54 Å². The van der Waals surface area contributed by atoms with Gasteiger partial charge in [0.25, 0.3) is 5.56 Å². The Morgan fingerprint density at radius 1 is 0.963 bits per heavy atom. The van der Waals surface area contributed by atoms with E-state index in [2.05, 4.69) is 11.9 Å². The van der Waals surface area contributed by atoms with Crippen molar-refractivity contribution in [2.75, 3.05) is 33.2 Å². The second-order valence-electron chi connectivity index (χ2n) is 8.30. The zero-order chi connectivity index (χ0) is 19.0. The Hall–Kier alpha value is -1.89. The van der Waals surface area contributed by atoms with Gasteiger partial charge in [-0.15, -0.1) is 0 Å². The fourth-order valence-corrected chi connectivity index (χ4v) is 4.85. The Bertz CT molecular complexity index is 827. The van der Waals surface area contributed by atoms with Crippen LogP contribution in [0.5, 0.6) is 0 Å². The van der Waals surface area contributed by atoms with Crippen LogP contribution in [0.3, 0.4) is 0 Å². The lowest BCUT2D eigenvalue weighted by molar-refractivity contribution is -0.133. The van der Waals surface area contributed by atoms with Gasteiger partial charge >= 0.3 is 5.69 Å². The van der Waals surface area contributed by atoms with Crippen molar-refractivity contribution in [1.29, 1.82) is 0 Å². The van der Waals surface area contributed by atoms with Gasteiger partial charge in [0.15, 0.2) is 0 Å². The quantitative estimate of drug-likeness (QED) is 0.784. The fraction of sp³-hybridized carbons (Fsp3) is 0.750. The highest BCUT2D eigenvalue weighted by Crippen LogP contribution is 2.27. The molecular weight excluding hydrogens is 344 g/mol. The van der Waals surface area contributed by atoms with Gasteiger partial charge in [-0.1, -0.05) is 19.3 Å². The molecule has 2 aliphatic carbocycles. The third-order valence-corrected chi connectivity index (χ3v) is 6.52. The molecule has 27 heavy (non-hydrogen) atoms. The number of carbonyl (C=O) groups is 1. The number of aromatic nitrogens is 2. The van der Waals surface area contributed by atoms with Gasteiger partial charge in [-0.3, -0.25) is 18.7 Å². The Kier molecular flexibility index (Phi) is 5.21. The lowest BCUT2D eigenvalue weighted by Gasteiger charge is -2.33. The summed E-state index contributed by atoms with van der Waals surface area (Å²) in [5, 5.41) is 0. The van der Waals surface area contributed by atoms with Gasteiger partial charge in [-0.2, -0.15) is 0 Å². The van der Waals surface area contributed by atoms with Gasteiger partial charge < -0.3 is 9.80 Å². The van der Waals surface area contributed by atoms with Crippen LogP contribution in [0.25, 0.3) is 0 Å². The SMILES string of the molecule is CN1CCN(C(=O)Cn2c3c(c(=O)n(C4CCCCC4)c2=O)CCC3)CC1. The van der Waals surface area contributed by atoms with Crippen molar-refractivity contribution in [1.82, 2.24) is 18.9 Å². The van der Waals surface area contributed by atoms with Crippen molar-refractivity contribution in [3.8, 4) is 0 Å². The Balaban J connectivity index is 1.67. The van der Waals surface area contributed by atoms with E-state index < -0.39 is 0 Å². The molecule has 1 aromatic rings. The molecule has 1 aromatic heterocycles. The first-order valence-corrected chi connectivity index (χ1v) is 10.4. The summed E-state index contributed by atoms with van der Waals surface area (Å²) in [6.07, 6.45) is 7.42. The number of amides is 1. The van der Waals surface area contributed by atoms with Crippen molar-refractivity contribution in [3.63, 3.8) is 0 Å². The highest BCUT2D eigenvalue weighted by Gasteiger charge is 2.29. The molecule has 0 N–H and O–H groups in total. The van der Waals surface area contributed by atoms with Crippen molar-refractivity contribution < 1.29 is 4.79 Å². The van der Waals surface area contributed by atoms with Crippen LogP contribution in [0, 0.1) is 0 Å². The first-order valence-electron chi connectivity index (χ1n) is 10.4. The first-order chi connectivity index (χ1) is 13.1. The number of nitrogens with zero attached hydrogens (tertiary/aromatic N) is 4. The van der Waals surface area contributed by atoms with Gasteiger partial charge in [-0.25, -0.2) is 4.79 Å². The van der Waals surface area contributed by atoms with Crippen LogP contribution in [-0.4, -0.2) is 58.1 Å². The molecule has 1 aliphatic heterocycles. The summed E-state index contributed by atoms with van der Waals surface area (Å²) in [6.45, 7) is 3.20. The number of rotatable bonds is 3.